The van der Waals surface area contributed by atoms with Crippen molar-refractivity contribution in [2.45, 2.75) is 44.2 Å². The molecule has 7 heteroatoms. The van der Waals surface area contributed by atoms with Gasteiger partial charge in [0.2, 0.25) is 5.91 Å². The summed E-state index contributed by atoms with van der Waals surface area (Å²) in [6.45, 7) is 5.79. The molecule has 2 aliphatic heterocycles. The smallest absolute Gasteiger partial charge is 0.230 e. The van der Waals surface area contributed by atoms with Crippen molar-refractivity contribution in [1.29, 1.82) is 0 Å². The van der Waals surface area contributed by atoms with Gasteiger partial charge in [-0.05, 0) is 26.2 Å². The molecule has 0 saturated carbocycles. The molecule has 2 aromatic rings. The molecular formula is C19H28N6O. The number of rotatable bonds is 4. The number of amides is 1. The molecule has 2 saturated heterocycles. The Hall–Kier alpha value is -2.15. The van der Waals surface area contributed by atoms with E-state index in [9.17, 15) is 4.79 Å². The summed E-state index contributed by atoms with van der Waals surface area (Å²) in [4.78, 5) is 22.1. The third kappa shape index (κ3) is 2.84. The molecule has 4 heterocycles. The molecule has 0 radical (unpaired) electrons. The number of carbonyl (C=O) groups excluding carboxylic acids is 1. The average molecular weight is 356 g/mol. The van der Waals surface area contributed by atoms with Crippen molar-refractivity contribution in [2.75, 3.05) is 19.6 Å². The van der Waals surface area contributed by atoms with E-state index in [0.717, 1.165) is 56.8 Å². The third-order valence-electron chi connectivity index (χ3n) is 6.24. The molecule has 0 N–H and O–H groups in total. The second-order valence-corrected chi connectivity index (χ2v) is 7.74. The summed E-state index contributed by atoms with van der Waals surface area (Å²) in [6, 6.07) is 0. The van der Waals surface area contributed by atoms with Crippen LogP contribution in [0.25, 0.3) is 0 Å². The van der Waals surface area contributed by atoms with Crippen LogP contribution < -0.4 is 0 Å². The van der Waals surface area contributed by atoms with Gasteiger partial charge in [0.15, 0.2) is 0 Å². The Labute approximate surface area is 154 Å². The van der Waals surface area contributed by atoms with Gasteiger partial charge in [-0.1, -0.05) is 0 Å². The van der Waals surface area contributed by atoms with E-state index in [0.29, 0.717) is 0 Å². The molecule has 140 valence electrons. The van der Waals surface area contributed by atoms with Crippen LogP contribution in [0.2, 0.25) is 0 Å². The normalized spacial score (nSPS) is 23.3. The van der Waals surface area contributed by atoms with Crippen molar-refractivity contribution < 1.29 is 4.79 Å². The van der Waals surface area contributed by atoms with E-state index in [1.54, 1.807) is 4.68 Å². The second-order valence-electron chi connectivity index (χ2n) is 7.74. The number of nitrogens with zero attached hydrogens (tertiary/aromatic N) is 6. The Morgan fingerprint density at radius 1 is 1.27 bits per heavy atom. The Morgan fingerprint density at radius 3 is 2.62 bits per heavy atom. The lowest BCUT2D eigenvalue weighted by molar-refractivity contribution is -0.133. The van der Waals surface area contributed by atoms with Crippen LogP contribution in [0.5, 0.6) is 0 Å². The van der Waals surface area contributed by atoms with Gasteiger partial charge in [-0.2, -0.15) is 5.10 Å². The van der Waals surface area contributed by atoms with Crippen molar-refractivity contribution in [2.24, 2.45) is 14.1 Å². The van der Waals surface area contributed by atoms with Crippen LogP contribution in [0.15, 0.2) is 24.8 Å². The molecule has 2 fully saturated rings. The highest BCUT2D eigenvalue weighted by Gasteiger charge is 2.51. The predicted octanol–water partition coefficient (Wildman–Crippen LogP) is 1.52. The van der Waals surface area contributed by atoms with Crippen LogP contribution in [0.4, 0.5) is 0 Å². The first-order valence-corrected chi connectivity index (χ1v) is 9.51. The van der Waals surface area contributed by atoms with Crippen molar-refractivity contribution in [3.63, 3.8) is 0 Å². The van der Waals surface area contributed by atoms with Crippen LogP contribution in [-0.2, 0) is 25.4 Å². The third-order valence-corrected chi connectivity index (χ3v) is 6.24. The van der Waals surface area contributed by atoms with Crippen LogP contribution in [0.3, 0.4) is 0 Å². The number of carbonyl (C=O) groups is 1. The summed E-state index contributed by atoms with van der Waals surface area (Å²) in [5, 5.41) is 4.27. The van der Waals surface area contributed by atoms with E-state index in [4.69, 9.17) is 0 Å². The van der Waals surface area contributed by atoms with Gasteiger partial charge in [-0.25, -0.2) is 4.98 Å². The fourth-order valence-electron chi connectivity index (χ4n) is 4.72. The second kappa shape index (κ2) is 6.54. The van der Waals surface area contributed by atoms with E-state index in [2.05, 4.69) is 31.4 Å². The maximum atomic E-state index is 13.1. The van der Waals surface area contributed by atoms with Gasteiger partial charge in [0.25, 0.3) is 0 Å². The summed E-state index contributed by atoms with van der Waals surface area (Å²) in [5.41, 5.74) is 1.06. The molecule has 1 spiro atoms. The van der Waals surface area contributed by atoms with Gasteiger partial charge in [-0.15, -0.1) is 0 Å². The van der Waals surface area contributed by atoms with Gasteiger partial charge in [0.1, 0.15) is 5.82 Å². The number of likely N-dealkylation sites (N-methyl/N-ethyl adjacent to an activating group) is 1. The Bertz CT molecular complexity index is 786. The standard InChI is InChI=1S/C19H28N6O/c1-4-25-18(26)16(15-12-21-23(3)13-15)11-19(25)5-8-24(9-6-19)14-17-20-7-10-22(17)2/h7,10,12-13,16H,4-6,8-9,11,14H2,1-3H3. The molecule has 7 nitrogen and oxygen atoms in total. The summed E-state index contributed by atoms with van der Waals surface area (Å²) in [7, 11) is 3.95. The van der Waals surface area contributed by atoms with E-state index in [1.807, 2.05) is 38.9 Å². The molecule has 4 rings (SSSR count). The highest BCUT2D eigenvalue weighted by molar-refractivity contribution is 5.87. The fraction of sp³-hybridized carbons (Fsp3) is 0.632. The molecule has 0 aliphatic carbocycles. The monoisotopic (exact) mass is 356 g/mol. The lowest BCUT2D eigenvalue weighted by Crippen LogP contribution is -2.52. The minimum atomic E-state index is -0.0373. The Balaban J connectivity index is 1.48. The Kier molecular flexibility index (Phi) is 4.34. The first-order chi connectivity index (χ1) is 12.5. The Morgan fingerprint density at radius 2 is 2.04 bits per heavy atom. The summed E-state index contributed by atoms with van der Waals surface area (Å²) < 4.78 is 3.87. The van der Waals surface area contributed by atoms with E-state index >= 15 is 0 Å². The fourth-order valence-corrected chi connectivity index (χ4v) is 4.72. The molecule has 0 aromatic carbocycles. The number of aromatic nitrogens is 4. The summed E-state index contributed by atoms with van der Waals surface area (Å²) in [5.74, 6) is 1.34. The van der Waals surface area contributed by atoms with E-state index < -0.39 is 0 Å². The van der Waals surface area contributed by atoms with Crippen LogP contribution >= 0.6 is 0 Å². The number of imidazole rings is 1. The lowest BCUT2D eigenvalue weighted by atomic mass is 9.81. The number of aryl methyl sites for hydroxylation is 2. The zero-order chi connectivity index (χ0) is 18.3. The van der Waals surface area contributed by atoms with Crippen molar-refractivity contribution in [3.8, 4) is 0 Å². The van der Waals surface area contributed by atoms with E-state index in [1.165, 1.54) is 0 Å². The zero-order valence-electron chi connectivity index (χ0n) is 15.9. The van der Waals surface area contributed by atoms with Crippen molar-refractivity contribution >= 4 is 5.91 Å². The van der Waals surface area contributed by atoms with Crippen molar-refractivity contribution in [3.05, 3.63) is 36.2 Å². The average Bonchev–Trinajstić information content (AvgIpc) is 3.30. The molecule has 1 amide bonds. The van der Waals surface area contributed by atoms with Crippen molar-refractivity contribution in [1.82, 2.24) is 29.1 Å². The van der Waals surface area contributed by atoms with Crippen LogP contribution in [0.1, 0.15) is 43.5 Å². The van der Waals surface area contributed by atoms with Gasteiger partial charge in [0.05, 0.1) is 18.7 Å². The quantitative estimate of drug-likeness (QED) is 0.833. The predicted molar refractivity (Wildman–Crippen MR) is 98.4 cm³/mol. The number of hydrogen-bond acceptors (Lipinski definition) is 4. The SMILES string of the molecule is CCN1C(=O)C(c2cnn(C)c2)CC12CCN(Cc1nccn1C)CC2. The molecule has 1 unspecified atom stereocenters. The van der Waals surface area contributed by atoms with Gasteiger partial charge >= 0.3 is 0 Å². The maximum Gasteiger partial charge on any atom is 0.230 e. The van der Waals surface area contributed by atoms with Gasteiger partial charge < -0.3 is 9.47 Å². The topological polar surface area (TPSA) is 59.2 Å². The van der Waals surface area contributed by atoms with E-state index in [-0.39, 0.29) is 17.4 Å². The maximum absolute atomic E-state index is 13.1. The van der Waals surface area contributed by atoms with Gasteiger partial charge in [0, 0.05) is 63.4 Å². The molecule has 0 bridgehead atoms. The summed E-state index contributed by atoms with van der Waals surface area (Å²) in [6.07, 6.45) is 10.7. The van der Waals surface area contributed by atoms with Crippen LogP contribution in [0, 0.1) is 0 Å². The zero-order valence-corrected chi connectivity index (χ0v) is 15.9. The van der Waals surface area contributed by atoms with Crippen LogP contribution in [-0.4, -0.2) is 60.2 Å². The minimum absolute atomic E-state index is 0.00444. The first kappa shape index (κ1) is 17.3. The molecule has 1 atom stereocenters. The summed E-state index contributed by atoms with van der Waals surface area (Å²) >= 11 is 0. The minimum Gasteiger partial charge on any atom is -0.337 e. The van der Waals surface area contributed by atoms with Gasteiger partial charge in [-0.3, -0.25) is 14.4 Å². The highest BCUT2D eigenvalue weighted by Crippen LogP contribution is 2.45. The number of likely N-dealkylation sites (tertiary alicyclic amines) is 2. The lowest BCUT2D eigenvalue weighted by Gasteiger charge is -2.44. The molecule has 2 aromatic heterocycles. The molecule has 26 heavy (non-hydrogen) atoms. The number of hydrogen-bond donors (Lipinski definition) is 0. The molecular weight excluding hydrogens is 328 g/mol. The first-order valence-electron chi connectivity index (χ1n) is 9.51. The highest BCUT2D eigenvalue weighted by atomic mass is 16.2. The number of piperidine rings is 1. The molecule has 2 aliphatic rings. The largest absolute Gasteiger partial charge is 0.337 e.